The Labute approximate surface area is 237 Å². The van der Waals surface area contributed by atoms with Gasteiger partial charge in [-0.25, -0.2) is 0 Å². The lowest BCUT2D eigenvalue weighted by Crippen LogP contribution is -2.30. The molecule has 0 amide bonds. The van der Waals surface area contributed by atoms with Crippen LogP contribution in [0.4, 0.5) is 0 Å². The van der Waals surface area contributed by atoms with E-state index < -0.39 is 7.12 Å². The van der Waals surface area contributed by atoms with Crippen molar-refractivity contribution in [2.45, 2.75) is 5.41 Å². The monoisotopic (exact) mass is 526 g/mol. The summed E-state index contributed by atoms with van der Waals surface area (Å²) >= 11 is 0. The number of hydrogen-bond donors (Lipinski definition) is 2. The molecule has 3 nitrogen and oxygen atoms in total. The highest BCUT2D eigenvalue weighted by molar-refractivity contribution is 6.62. The molecule has 0 saturated heterocycles. The Morgan fingerprint density at radius 1 is 0.488 bits per heavy atom. The van der Waals surface area contributed by atoms with Gasteiger partial charge < -0.3 is 14.5 Å². The molecule has 7 aromatic rings. The van der Waals surface area contributed by atoms with Crippen LogP contribution in [0.5, 0.6) is 0 Å². The first-order chi connectivity index (χ1) is 20.2. The van der Waals surface area contributed by atoms with Crippen LogP contribution in [0, 0.1) is 0 Å². The normalized spacial score (nSPS) is 13.8. The highest BCUT2D eigenvalue weighted by Gasteiger charge is 2.51. The third kappa shape index (κ3) is 2.85. The van der Waals surface area contributed by atoms with Crippen LogP contribution in [0.3, 0.4) is 0 Å². The lowest BCUT2D eigenvalue weighted by Gasteiger charge is -2.30. The topological polar surface area (TPSA) is 53.6 Å². The Balaban J connectivity index is 1.31. The van der Waals surface area contributed by atoms with Crippen LogP contribution in [0.15, 0.2) is 132 Å². The minimum absolute atomic E-state index is 0.384. The van der Waals surface area contributed by atoms with Gasteiger partial charge in [-0.2, -0.15) is 0 Å². The summed E-state index contributed by atoms with van der Waals surface area (Å²) in [6, 6.07) is 44.9. The first-order valence-electron chi connectivity index (χ1n) is 13.9. The van der Waals surface area contributed by atoms with E-state index in [1.54, 1.807) is 12.1 Å². The second kappa shape index (κ2) is 8.08. The molecule has 1 heterocycles. The fraction of sp³-hybridized carbons (Fsp3) is 0.0270. The Kier molecular flexibility index (Phi) is 4.51. The molecule has 0 atom stereocenters. The molecule has 0 bridgehead atoms. The van der Waals surface area contributed by atoms with Gasteiger partial charge >= 0.3 is 7.12 Å². The van der Waals surface area contributed by atoms with Crippen molar-refractivity contribution in [1.29, 1.82) is 0 Å². The van der Waals surface area contributed by atoms with Crippen LogP contribution < -0.4 is 5.46 Å². The molecule has 0 radical (unpaired) electrons. The van der Waals surface area contributed by atoms with E-state index in [-0.39, 0.29) is 5.41 Å². The largest absolute Gasteiger partial charge is 0.489 e. The number of hydrogen-bond acceptors (Lipinski definition) is 3. The van der Waals surface area contributed by atoms with Crippen molar-refractivity contribution in [2.75, 3.05) is 0 Å². The molecule has 0 saturated carbocycles. The number of benzene rings is 6. The summed E-state index contributed by atoms with van der Waals surface area (Å²) in [5.41, 5.74) is 14.0. The lowest BCUT2D eigenvalue weighted by atomic mass is 9.70. The van der Waals surface area contributed by atoms with E-state index in [0.29, 0.717) is 11.0 Å². The summed E-state index contributed by atoms with van der Waals surface area (Å²) in [6.07, 6.45) is 0. The van der Waals surface area contributed by atoms with E-state index in [4.69, 9.17) is 4.42 Å². The molecule has 6 aromatic carbocycles. The van der Waals surface area contributed by atoms with Gasteiger partial charge in [-0.3, -0.25) is 0 Å². The van der Waals surface area contributed by atoms with E-state index >= 15 is 0 Å². The average Bonchev–Trinajstić information content (AvgIpc) is 3.64. The van der Waals surface area contributed by atoms with E-state index in [9.17, 15) is 10.0 Å². The predicted octanol–water partition coefficient (Wildman–Crippen LogP) is 7.28. The Morgan fingerprint density at radius 3 is 1.68 bits per heavy atom. The highest BCUT2D eigenvalue weighted by Crippen LogP contribution is 2.63. The van der Waals surface area contributed by atoms with Gasteiger partial charge in [0, 0.05) is 10.8 Å². The van der Waals surface area contributed by atoms with Crippen molar-refractivity contribution < 1.29 is 14.5 Å². The summed E-state index contributed by atoms with van der Waals surface area (Å²) in [6.45, 7) is 0. The minimum atomic E-state index is -1.56. The van der Waals surface area contributed by atoms with Gasteiger partial charge in [0.05, 0.1) is 5.41 Å². The average molecular weight is 526 g/mol. The number of fused-ring (bicyclic) bond motifs is 13. The van der Waals surface area contributed by atoms with Crippen LogP contribution in [0.1, 0.15) is 22.3 Å². The molecule has 0 unspecified atom stereocenters. The Morgan fingerprint density at radius 2 is 1.05 bits per heavy atom. The number of rotatable bonds is 2. The third-order valence-electron chi connectivity index (χ3n) is 9.14. The molecule has 192 valence electrons. The van der Waals surface area contributed by atoms with Gasteiger partial charge in [0.15, 0.2) is 0 Å². The van der Waals surface area contributed by atoms with Crippen molar-refractivity contribution in [2.24, 2.45) is 0 Å². The maximum Gasteiger partial charge on any atom is 0.489 e. The predicted molar refractivity (Wildman–Crippen MR) is 165 cm³/mol. The first-order valence-corrected chi connectivity index (χ1v) is 13.9. The smallest absolute Gasteiger partial charge is 0.456 e. The molecule has 41 heavy (non-hydrogen) atoms. The lowest BCUT2D eigenvalue weighted by molar-refractivity contribution is 0.426. The second-order valence-electron chi connectivity index (χ2n) is 11.1. The Bertz CT molecular complexity index is 2140. The molecule has 9 rings (SSSR count). The molecule has 2 aliphatic rings. The maximum atomic E-state index is 9.95. The summed E-state index contributed by atoms with van der Waals surface area (Å²) in [5.74, 6) is 0. The minimum Gasteiger partial charge on any atom is -0.456 e. The zero-order valence-electron chi connectivity index (χ0n) is 22.0. The molecule has 1 aromatic heterocycles. The summed E-state index contributed by atoms with van der Waals surface area (Å²) in [4.78, 5) is 0. The van der Waals surface area contributed by atoms with E-state index in [1.807, 2.05) is 12.1 Å². The van der Waals surface area contributed by atoms with Crippen molar-refractivity contribution in [3.05, 3.63) is 150 Å². The quantitative estimate of drug-likeness (QED) is 0.233. The zero-order chi connectivity index (χ0) is 27.3. The first kappa shape index (κ1) is 22.9. The van der Waals surface area contributed by atoms with E-state index in [0.717, 1.165) is 27.5 Å². The van der Waals surface area contributed by atoms with Crippen LogP contribution in [-0.4, -0.2) is 17.2 Å². The standard InChI is InChI=1S/C37H23BO3/c39-38(40)33-14-7-15-34-36(33)28-19-17-23(21-35(28)41-34)22-16-18-27-26-10-3-6-13-31(26)37(32(27)20-22)29-11-4-1-8-24(29)25-9-2-5-12-30(25)37/h1-21,39-40H. The molecule has 4 heteroatoms. The molecule has 0 aliphatic heterocycles. The van der Waals surface area contributed by atoms with Crippen molar-refractivity contribution in [1.82, 2.24) is 0 Å². The van der Waals surface area contributed by atoms with Crippen molar-refractivity contribution in [3.8, 4) is 33.4 Å². The van der Waals surface area contributed by atoms with Gasteiger partial charge in [-0.1, -0.05) is 103 Å². The fourth-order valence-electron chi connectivity index (χ4n) is 7.52. The van der Waals surface area contributed by atoms with Crippen LogP contribution in [0.2, 0.25) is 0 Å². The van der Waals surface area contributed by atoms with Crippen molar-refractivity contribution in [3.63, 3.8) is 0 Å². The Hall–Kier alpha value is -4.90. The third-order valence-corrected chi connectivity index (χ3v) is 9.14. The van der Waals surface area contributed by atoms with Crippen LogP contribution >= 0.6 is 0 Å². The van der Waals surface area contributed by atoms with Crippen molar-refractivity contribution >= 4 is 34.5 Å². The summed E-state index contributed by atoms with van der Waals surface area (Å²) in [5, 5.41) is 21.5. The zero-order valence-corrected chi connectivity index (χ0v) is 22.0. The van der Waals surface area contributed by atoms with E-state index in [1.165, 1.54) is 44.5 Å². The van der Waals surface area contributed by atoms with Gasteiger partial charge in [0.1, 0.15) is 11.2 Å². The van der Waals surface area contributed by atoms with Gasteiger partial charge in [-0.15, -0.1) is 0 Å². The molecule has 0 fully saturated rings. The molecular weight excluding hydrogens is 503 g/mol. The maximum absolute atomic E-state index is 9.95. The summed E-state index contributed by atoms with van der Waals surface area (Å²) < 4.78 is 6.21. The van der Waals surface area contributed by atoms with E-state index in [2.05, 4.69) is 103 Å². The molecular formula is C37H23BO3. The summed E-state index contributed by atoms with van der Waals surface area (Å²) in [7, 11) is -1.56. The van der Waals surface area contributed by atoms with Crippen LogP contribution in [-0.2, 0) is 5.41 Å². The molecule has 2 N–H and O–H groups in total. The highest BCUT2D eigenvalue weighted by atomic mass is 16.4. The van der Waals surface area contributed by atoms with Gasteiger partial charge in [-0.05, 0) is 85.4 Å². The van der Waals surface area contributed by atoms with Crippen LogP contribution in [0.25, 0.3) is 55.3 Å². The second-order valence-corrected chi connectivity index (χ2v) is 11.1. The van der Waals surface area contributed by atoms with Gasteiger partial charge in [0.25, 0.3) is 0 Å². The van der Waals surface area contributed by atoms with Gasteiger partial charge in [0.2, 0.25) is 0 Å². The SMILES string of the molecule is OB(O)c1cccc2oc3cc(-c4ccc5c(c4)C4(c6ccccc6-c6ccccc64)c4ccccc4-5)ccc3c12. The molecule has 1 spiro atoms. The number of furan rings is 1. The molecule has 2 aliphatic carbocycles. The fourth-order valence-corrected chi connectivity index (χ4v) is 7.52.